The second-order valence-electron chi connectivity index (χ2n) is 3.57. The molecule has 0 radical (unpaired) electrons. The van der Waals surface area contributed by atoms with E-state index in [2.05, 4.69) is 10.2 Å². The van der Waals surface area contributed by atoms with E-state index in [0.29, 0.717) is 6.61 Å². The highest BCUT2D eigenvalue weighted by Crippen LogP contribution is 2.20. The predicted octanol–water partition coefficient (Wildman–Crippen LogP) is 1.60. The summed E-state index contributed by atoms with van der Waals surface area (Å²) in [5.74, 6) is 1.67. The SMILES string of the molecule is COCCn1cnnc1-c1ccc(OC)cc1. The quantitative estimate of drug-likeness (QED) is 0.787. The maximum Gasteiger partial charge on any atom is 0.163 e. The standard InChI is InChI=1S/C12H15N3O2/c1-16-8-7-15-9-13-14-12(15)10-3-5-11(17-2)6-4-10/h3-6,9H,7-8H2,1-2H3. The largest absolute Gasteiger partial charge is 0.497 e. The van der Waals surface area contributed by atoms with Crippen molar-refractivity contribution in [1.82, 2.24) is 14.8 Å². The third-order valence-corrected chi connectivity index (χ3v) is 2.50. The molecule has 0 N–H and O–H groups in total. The molecule has 1 heterocycles. The number of methoxy groups -OCH3 is 2. The van der Waals surface area contributed by atoms with Gasteiger partial charge in [-0.2, -0.15) is 0 Å². The van der Waals surface area contributed by atoms with Gasteiger partial charge in [-0.05, 0) is 24.3 Å². The molecule has 0 saturated heterocycles. The molecule has 2 rings (SSSR count). The molecule has 2 aromatic rings. The average molecular weight is 233 g/mol. The van der Waals surface area contributed by atoms with Gasteiger partial charge in [0.25, 0.3) is 0 Å². The maximum absolute atomic E-state index is 5.12. The fourth-order valence-corrected chi connectivity index (χ4v) is 1.57. The number of hydrogen-bond acceptors (Lipinski definition) is 4. The fraction of sp³-hybridized carbons (Fsp3) is 0.333. The van der Waals surface area contributed by atoms with E-state index < -0.39 is 0 Å². The summed E-state index contributed by atoms with van der Waals surface area (Å²) in [7, 11) is 3.33. The lowest BCUT2D eigenvalue weighted by molar-refractivity contribution is 0.187. The monoisotopic (exact) mass is 233 g/mol. The summed E-state index contributed by atoms with van der Waals surface area (Å²) in [6.07, 6.45) is 1.71. The van der Waals surface area contributed by atoms with Crippen molar-refractivity contribution in [2.24, 2.45) is 0 Å². The van der Waals surface area contributed by atoms with Crippen LogP contribution < -0.4 is 4.74 Å². The molecule has 0 saturated carbocycles. The summed E-state index contributed by atoms with van der Waals surface area (Å²) < 4.78 is 12.1. The molecule has 0 amide bonds. The van der Waals surface area contributed by atoms with Gasteiger partial charge >= 0.3 is 0 Å². The van der Waals surface area contributed by atoms with Crippen molar-refractivity contribution in [1.29, 1.82) is 0 Å². The Morgan fingerprint density at radius 2 is 1.94 bits per heavy atom. The Kier molecular flexibility index (Phi) is 3.72. The van der Waals surface area contributed by atoms with Crippen LogP contribution in [0.2, 0.25) is 0 Å². The van der Waals surface area contributed by atoms with Crippen LogP contribution in [0.5, 0.6) is 5.75 Å². The van der Waals surface area contributed by atoms with Crippen LogP contribution >= 0.6 is 0 Å². The van der Waals surface area contributed by atoms with E-state index in [4.69, 9.17) is 9.47 Å². The van der Waals surface area contributed by atoms with Gasteiger partial charge in [0.15, 0.2) is 5.82 Å². The summed E-state index contributed by atoms with van der Waals surface area (Å²) >= 11 is 0. The lowest BCUT2D eigenvalue weighted by Gasteiger charge is -2.06. The topological polar surface area (TPSA) is 49.2 Å². The molecule has 0 aliphatic rings. The molecule has 1 aromatic carbocycles. The van der Waals surface area contributed by atoms with Crippen LogP contribution in [-0.2, 0) is 11.3 Å². The Morgan fingerprint density at radius 3 is 2.59 bits per heavy atom. The molecule has 0 unspecified atom stereocenters. The van der Waals surface area contributed by atoms with Crippen molar-refractivity contribution in [2.75, 3.05) is 20.8 Å². The van der Waals surface area contributed by atoms with Gasteiger partial charge in [-0.3, -0.25) is 0 Å². The summed E-state index contributed by atoms with van der Waals surface area (Å²) in [4.78, 5) is 0. The van der Waals surface area contributed by atoms with E-state index in [1.165, 1.54) is 0 Å². The normalized spacial score (nSPS) is 10.5. The van der Waals surface area contributed by atoms with E-state index >= 15 is 0 Å². The Hall–Kier alpha value is -1.88. The number of aromatic nitrogens is 3. The number of benzene rings is 1. The number of ether oxygens (including phenoxy) is 2. The zero-order chi connectivity index (χ0) is 12.1. The van der Waals surface area contributed by atoms with Gasteiger partial charge in [0.2, 0.25) is 0 Å². The van der Waals surface area contributed by atoms with Crippen LogP contribution in [0.4, 0.5) is 0 Å². The lowest BCUT2D eigenvalue weighted by Crippen LogP contribution is -2.04. The van der Waals surface area contributed by atoms with Crippen molar-refractivity contribution >= 4 is 0 Å². The second kappa shape index (κ2) is 5.45. The second-order valence-corrected chi connectivity index (χ2v) is 3.57. The van der Waals surface area contributed by atoms with Gasteiger partial charge in [-0.15, -0.1) is 10.2 Å². The summed E-state index contributed by atoms with van der Waals surface area (Å²) in [6, 6.07) is 7.74. The first-order chi connectivity index (χ1) is 8.35. The molecule has 1 aromatic heterocycles. The van der Waals surface area contributed by atoms with Crippen molar-refractivity contribution in [3.8, 4) is 17.1 Å². The molecule has 5 heteroatoms. The molecule has 0 aliphatic heterocycles. The van der Waals surface area contributed by atoms with Crippen LogP contribution in [0.25, 0.3) is 11.4 Å². The van der Waals surface area contributed by atoms with Gasteiger partial charge in [-0.1, -0.05) is 0 Å². The molecule has 17 heavy (non-hydrogen) atoms. The summed E-state index contributed by atoms with van der Waals surface area (Å²) in [5, 5.41) is 8.03. The van der Waals surface area contributed by atoms with Crippen LogP contribution in [-0.4, -0.2) is 35.6 Å². The predicted molar refractivity (Wildman–Crippen MR) is 63.9 cm³/mol. The van der Waals surface area contributed by atoms with Crippen molar-refractivity contribution in [3.63, 3.8) is 0 Å². The van der Waals surface area contributed by atoms with Crippen molar-refractivity contribution in [2.45, 2.75) is 6.54 Å². The maximum atomic E-state index is 5.12. The number of hydrogen-bond donors (Lipinski definition) is 0. The minimum atomic E-state index is 0.640. The van der Waals surface area contributed by atoms with E-state index in [-0.39, 0.29) is 0 Å². The smallest absolute Gasteiger partial charge is 0.163 e. The number of rotatable bonds is 5. The van der Waals surface area contributed by atoms with Gasteiger partial charge in [-0.25, -0.2) is 0 Å². The Morgan fingerprint density at radius 1 is 1.18 bits per heavy atom. The van der Waals surface area contributed by atoms with Crippen LogP contribution in [0.1, 0.15) is 0 Å². The Bertz CT molecular complexity index is 465. The van der Waals surface area contributed by atoms with Crippen LogP contribution in [0.3, 0.4) is 0 Å². The lowest BCUT2D eigenvalue weighted by atomic mass is 10.2. The number of nitrogens with zero attached hydrogens (tertiary/aromatic N) is 3. The third-order valence-electron chi connectivity index (χ3n) is 2.50. The Labute approximate surface area is 100 Å². The third kappa shape index (κ3) is 2.62. The minimum Gasteiger partial charge on any atom is -0.497 e. The zero-order valence-corrected chi connectivity index (χ0v) is 9.96. The average Bonchev–Trinajstić information content (AvgIpc) is 2.84. The molecule has 0 bridgehead atoms. The van der Waals surface area contributed by atoms with Crippen LogP contribution in [0, 0.1) is 0 Å². The van der Waals surface area contributed by atoms with Crippen molar-refractivity contribution in [3.05, 3.63) is 30.6 Å². The molecular formula is C12H15N3O2. The van der Waals surface area contributed by atoms with Gasteiger partial charge in [0, 0.05) is 19.2 Å². The van der Waals surface area contributed by atoms with Crippen molar-refractivity contribution < 1.29 is 9.47 Å². The highest BCUT2D eigenvalue weighted by Gasteiger charge is 2.06. The first-order valence-electron chi connectivity index (χ1n) is 5.36. The fourth-order valence-electron chi connectivity index (χ4n) is 1.57. The molecule has 0 atom stereocenters. The first kappa shape index (κ1) is 11.6. The molecule has 90 valence electrons. The zero-order valence-electron chi connectivity index (χ0n) is 9.96. The molecular weight excluding hydrogens is 218 g/mol. The molecule has 0 spiro atoms. The van der Waals surface area contributed by atoms with Gasteiger partial charge < -0.3 is 14.0 Å². The highest BCUT2D eigenvalue weighted by molar-refractivity contribution is 5.56. The Balaban J connectivity index is 2.23. The molecule has 5 nitrogen and oxygen atoms in total. The minimum absolute atomic E-state index is 0.640. The van der Waals surface area contributed by atoms with Crippen LogP contribution in [0.15, 0.2) is 30.6 Å². The molecule has 0 aliphatic carbocycles. The molecule has 0 fully saturated rings. The highest BCUT2D eigenvalue weighted by atomic mass is 16.5. The van der Waals surface area contributed by atoms with E-state index in [1.54, 1.807) is 20.5 Å². The van der Waals surface area contributed by atoms with Gasteiger partial charge in [0.05, 0.1) is 13.7 Å². The first-order valence-corrected chi connectivity index (χ1v) is 5.36. The summed E-state index contributed by atoms with van der Waals surface area (Å²) in [6.45, 7) is 1.38. The van der Waals surface area contributed by atoms with Gasteiger partial charge in [0.1, 0.15) is 12.1 Å². The van der Waals surface area contributed by atoms with E-state index in [9.17, 15) is 0 Å². The van der Waals surface area contributed by atoms with E-state index in [0.717, 1.165) is 23.7 Å². The summed E-state index contributed by atoms with van der Waals surface area (Å²) in [5.41, 5.74) is 1.01. The van der Waals surface area contributed by atoms with E-state index in [1.807, 2.05) is 28.8 Å².